The number of Topliss-reactive ketones (excluding diaryl/α,β-unsaturated/α-hetero) is 1. The van der Waals surface area contributed by atoms with Gasteiger partial charge in [-0.3, -0.25) is 9.59 Å². The zero-order chi connectivity index (χ0) is 24.1. The maximum Gasteiger partial charge on any atom is 0.461 e. The molecule has 5 nitrogen and oxygen atoms in total. The van der Waals surface area contributed by atoms with Crippen LogP contribution in [0.5, 0.6) is 0 Å². The van der Waals surface area contributed by atoms with Crippen LogP contribution >= 0.6 is 0 Å². The average Bonchev–Trinajstić information content (AvgIpc) is 3.10. The van der Waals surface area contributed by atoms with Crippen LogP contribution < -0.4 is 5.32 Å². The van der Waals surface area contributed by atoms with Crippen LogP contribution in [-0.2, 0) is 14.1 Å². The minimum absolute atomic E-state index is 0.0414. The Morgan fingerprint density at radius 2 is 1.94 bits per heavy atom. The number of halogens is 2. The summed E-state index contributed by atoms with van der Waals surface area (Å²) in [6.07, 6.45) is 3.12. The highest BCUT2D eigenvalue weighted by Crippen LogP contribution is 2.66. The van der Waals surface area contributed by atoms with Crippen LogP contribution in [0.3, 0.4) is 0 Å². The molecule has 1 N–H and O–H groups in total. The van der Waals surface area contributed by atoms with E-state index in [1.165, 1.54) is 12.1 Å². The molecule has 1 aliphatic heterocycles. The van der Waals surface area contributed by atoms with Crippen molar-refractivity contribution in [2.24, 2.45) is 23.2 Å². The topological polar surface area (TPSA) is 64.6 Å². The zero-order valence-corrected chi connectivity index (χ0v) is 20.1. The van der Waals surface area contributed by atoms with Gasteiger partial charge in [-0.15, -0.1) is 0 Å². The fourth-order valence-electron chi connectivity index (χ4n) is 6.32. The van der Waals surface area contributed by atoms with Gasteiger partial charge in [0, 0.05) is 12.2 Å². The molecule has 0 spiro atoms. The Balaban J connectivity index is 1.39. The second-order valence-corrected chi connectivity index (χ2v) is 11.3. The summed E-state index contributed by atoms with van der Waals surface area (Å²) in [5.74, 6) is -2.03. The van der Waals surface area contributed by atoms with Crippen LogP contribution in [0.25, 0.3) is 0 Å². The average molecular weight is 461 g/mol. The molecule has 33 heavy (non-hydrogen) atoms. The summed E-state index contributed by atoms with van der Waals surface area (Å²) < 4.78 is 40.2. The van der Waals surface area contributed by atoms with Crippen molar-refractivity contribution < 1.29 is 27.7 Å². The largest absolute Gasteiger partial charge is 0.461 e. The molecule has 1 amide bonds. The maximum absolute atomic E-state index is 13.9. The second kappa shape index (κ2) is 8.77. The molecule has 3 aliphatic carbocycles. The number of hydrogen-bond donors (Lipinski definition) is 1. The Hall–Kier alpha value is -1.80. The third-order valence-corrected chi connectivity index (χ3v) is 8.26. The first kappa shape index (κ1) is 24.3. The summed E-state index contributed by atoms with van der Waals surface area (Å²) in [5, 5.41) is 2.42. The van der Waals surface area contributed by atoms with Crippen LogP contribution in [0.4, 0.5) is 8.78 Å². The number of benzene rings is 1. The van der Waals surface area contributed by atoms with Crippen molar-refractivity contribution in [2.45, 2.75) is 77.8 Å². The van der Waals surface area contributed by atoms with Crippen molar-refractivity contribution in [2.75, 3.05) is 6.54 Å². The Morgan fingerprint density at radius 3 is 2.61 bits per heavy atom. The van der Waals surface area contributed by atoms with Crippen LogP contribution in [-0.4, -0.2) is 37.1 Å². The van der Waals surface area contributed by atoms with Gasteiger partial charge >= 0.3 is 7.12 Å². The number of rotatable bonds is 8. The van der Waals surface area contributed by atoms with Gasteiger partial charge in [0.25, 0.3) is 5.91 Å². The fourth-order valence-corrected chi connectivity index (χ4v) is 6.32. The molecular weight excluding hydrogens is 427 g/mol. The Bertz CT molecular complexity index is 939. The predicted octanol–water partition coefficient (Wildman–Crippen LogP) is 4.80. The first-order valence-corrected chi connectivity index (χ1v) is 12.0. The van der Waals surface area contributed by atoms with Gasteiger partial charge in [0.15, 0.2) is 17.4 Å². The summed E-state index contributed by atoms with van der Waals surface area (Å²) >= 11 is 0. The minimum Gasteiger partial charge on any atom is -0.405 e. The van der Waals surface area contributed by atoms with Crippen molar-refractivity contribution in [1.82, 2.24) is 5.32 Å². The van der Waals surface area contributed by atoms with E-state index in [-0.39, 0.29) is 41.7 Å². The third-order valence-electron chi connectivity index (χ3n) is 8.26. The first-order valence-electron chi connectivity index (χ1n) is 12.0. The third kappa shape index (κ3) is 4.36. The minimum atomic E-state index is -1.22. The highest BCUT2D eigenvalue weighted by atomic mass is 19.2. The first-order chi connectivity index (χ1) is 15.4. The Kier molecular flexibility index (Phi) is 6.47. The summed E-state index contributed by atoms with van der Waals surface area (Å²) in [4.78, 5) is 25.0. The van der Waals surface area contributed by atoms with Gasteiger partial charge in [-0.05, 0) is 61.5 Å². The van der Waals surface area contributed by atoms with Crippen LogP contribution in [0, 0.1) is 34.8 Å². The van der Waals surface area contributed by atoms with Gasteiger partial charge in [-0.2, -0.15) is 0 Å². The Labute approximate surface area is 195 Å². The fraction of sp³-hybridized carbons (Fsp3) is 0.680. The summed E-state index contributed by atoms with van der Waals surface area (Å²) in [6.45, 7) is 10.7. The molecule has 4 aliphatic rings. The van der Waals surface area contributed by atoms with Gasteiger partial charge in [0.1, 0.15) is 0 Å². The highest BCUT2D eigenvalue weighted by molar-refractivity contribution is 6.47. The lowest BCUT2D eigenvalue weighted by Gasteiger charge is -2.64. The lowest BCUT2D eigenvalue weighted by atomic mass is 9.43. The molecule has 0 aromatic heterocycles. The van der Waals surface area contributed by atoms with Crippen LogP contribution in [0.15, 0.2) is 18.2 Å². The normalized spacial score (nSPS) is 30.5. The molecule has 180 valence electrons. The highest BCUT2D eigenvalue weighted by Gasteiger charge is 2.68. The molecule has 2 bridgehead atoms. The standard InChI is InChI=1S/C25H34BF2NO4/c1-14(2)9-16(12-17(30)13-29-23(31)18-7-6-8-19(27)22(18)28)26-32-21-11-15-10-20(24(15,3)4)25(21,5)33-26/h6-8,14-16,20-21H,9-13H2,1-5H3,(H,29,31)/t15-,16+,20-,21+,25-/m0/s1. The Morgan fingerprint density at radius 1 is 1.21 bits per heavy atom. The molecule has 1 saturated heterocycles. The second-order valence-electron chi connectivity index (χ2n) is 11.3. The summed E-state index contributed by atoms with van der Waals surface area (Å²) in [7, 11) is -0.460. The quantitative estimate of drug-likeness (QED) is 0.565. The summed E-state index contributed by atoms with van der Waals surface area (Å²) in [6, 6.07) is 3.39. The van der Waals surface area contributed by atoms with Crippen LogP contribution in [0.2, 0.25) is 5.82 Å². The lowest BCUT2D eigenvalue weighted by molar-refractivity contribution is -0.199. The molecular formula is C25H34BF2NO4. The molecule has 1 heterocycles. The molecule has 3 saturated carbocycles. The van der Waals surface area contributed by atoms with Crippen molar-refractivity contribution in [3.8, 4) is 0 Å². The molecule has 1 aromatic carbocycles. The molecule has 5 rings (SSSR count). The van der Waals surface area contributed by atoms with E-state index in [0.717, 1.165) is 25.3 Å². The number of carbonyl (C=O) groups is 2. The molecule has 8 heteroatoms. The van der Waals surface area contributed by atoms with Crippen molar-refractivity contribution in [3.05, 3.63) is 35.4 Å². The van der Waals surface area contributed by atoms with Gasteiger partial charge in [0.05, 0.1) is 23.8 Å². The van der Waals surface area contributed by atoms with Gasteiger partial charge in [-0.1, -0.05) is 33.8 Å². The summed E-state index contributed by atoms with van der Waals surface area (Å²) in [5.41, 5.74) is -0.518. The van der Waals surface area contributed by atoms with E-state index in [2.05, 4.69) is 39.9 Å². The van der Waals surface area contributed by atoms with Gasteiger partial charge < -0.3 is 14.6 Å². The SMILES string of the molecule is CC(C)C[C@H](CC(=O)CNC(=O)c1cccc(F)c1F)B1O[C@@H]2C[C@@H]3C[C@@H](C3(C)C)[C@]2(C)O1. The number of amides is 1. The smallest absolute Gasteiger partial charge is 0.405 e. The molecule has 4 fully saturated rings. The molecule has 0 radical (unpaired) electrons. The van der Waals surface area contributed by atoms with E-state index in [1.54, 1.807) is 0 Å². The molecule has 0 unspecified atom stereocenters. The number of nitrogens with one attached hydrogen (secondary N) is 1. The monoisotopic (exact) mass is 461 g/mol. The lowest BCUT2D eigenvalue weighted by Crippen LogP contribution is -2.65. The van der Waals surface area contributed by atoms with Crippen molar-refractivity contribution in [1.29, 1.82) is 0 Å². The van der Waals surface area contributed by atoms with E-state index in [4.69, 9.17) is 9.31 Å². The molecule has 5 atom stereocenters. The molecule has 1 aromatic rings. The predicted molar refractivity (Wildman–Crippen MR) is 122 cm³/mol. The maximum atomic E-state index is 13.9. The number of carbonyl (C=O) groups excluding carboxylic acids is 2. The van der Waals surface area contributed by atoms with E-state index >= 15 is 0 Å². The van der Waals surface area contributed by atoms with E-state index in [9.17, 15) is 18.4 Å². The van der Waals surface area contributed by atoms with Gasteiger partial charge in [-0.25, -0.2) is 8.78 Å². The van der Waals surface area contributed by atoms with Crippen LogP contribution in [0.1, 0.15) is 70.7 Å². The van der Waals surface area contributed by atoms with Gasteiger partial charge in [0.2, 0.25) is 0 Å². The van der Waals surface area contributed by atoms with E-state index < -0.39 is 30.2 Å². The van der Waals surface area contributed by atoms with E-state index in [1.807, 2.05) is 0 Å². The van der Waals surface area contributed by atoms with Crippen molar-refractivity contribution >= 4 is 18.8 Å². The number of hydrogen-bond acceptors (Lipinski definition) is 4. The number of ketones is 1. The van der Waals surface area contributed by atoms with E-state index in [0.29, 0.717) is 17.8 Å². The van der Waals surface area contributed by atoms with Crippen molar-refractivity contribution in [3.63, 3.8) is 0 Å². The zero-order valence-electron chi connectivity index (χ0n) is 20.1.